The second-order valence-electron chi connectivity index (χ2n) is 11.4. The zero-order valence-electron chi connectivity index (χ0n) is 25.0. The number of piperidine rings is 1. The van der Waals surface area contributed by atoms with Gasteiger partial charge in [0.05, 0.1) is 5.69 Å². The van der Waals surface area contributed by atoms with Crippen molar-refractivity contribution in [2.75, 3.05) is 44.4 Å². The predicted molar refractivity (Wildman–Crippen MR) is 177 cm³/mol. The highest BCUT2D eigenvalue weighted by molar-refractivity contribution is 6.33. The highest BCUT2D eigenvalue weighted by atomic mass is 35.5. The van der Waals surface area contributed by atoms with E-state index in [1.807, 2.05) is 62.3 Å². The van der Waals surface area contributed by atoms with Gasteiger partial charge < -0.3 is 15.1 Å². The lowest BCUT2D eigenvalue weighted by Crippen LogP contribution is -2.29. The fourth-order valence-electron chi connectivity index (χ4n) is 5.76. The maximum atomic E-state index is 13.7. The fraction of sp³-hybridized carbons (Fsp3) is 0.294. The van der Waals surface area contributed by atoms with Gasteiger partial charge in [0.2, 0.25) is 5.95 Å². The summed E-state index contributed by atoms with van der Waals surface area (Å²) < 4.78 is 1.67. The van der Waals surface area contributed by atoms with E-state index in [2.05, 4.69) is 51.5 Å². The second kappa shape index (κ2) is 12.1. The third kappa shape index (κ3) is 5.98. The van der Waals surface area contributed by atoms with Gasteiger partial charge in [-0.05, 0) is 87.8 Å². The van der Waals surface area contributed by atoms with Crippen LogP contribution >= 0.6 is 11.6 Å². The zero-order chi connectivity index (χ0) is 30.1. The fourth-order valence-corrected chi connectivity index (χ4v) is 6.05. The van der Waals surface area contributed by atoms with Crippen LogP contribution in [-0.4, -0.2) is 58.7 Å². The molecule has 8 nitrogen and oxygen atoms in total. The molecule has 0 amide bonds. The van der Waals surface area contributed by atoms with Crippen LogP contribution in [0.4, 0.5) is 17.3 Å². The summed E-state index contributed by atoms with van der Waals surface area (Å²) in [6.07, 6.45) is 5.91. The molecule has 1 N–H and O–H groups in total. The summed E-state index contributed by atoms with van der Waals surface area (Å²) in [5, 5.41) is 4.56. The van der Waals surface area contributed by atoms with Crippen LogP contribution in [0, 0.1) is 0 Å². The van der Waals surface area contributed by atoms with Crippen molar-refractivity contribution in [1.29, 1.82) is 0 Å². The van der Waals surface area contributed by atoms with Gasteiger partial charge in [-0.1, -0.05) is 35.9 Å². The maximum Gasteiger partial charge on any atom is 0.260 e. The van der Waals surface area contributed by atoms with Gasteiger partial charge in [-0.3, -0.25) is 14.3 Å². The molecule has 0 atom stereocenters. The summed E-state index contributed by atoms with van der Waals surface area (Å²) in [6.45, 7) is 4.67. The molecule has 1 fully saturated rings. The lowest BCUT2D eigenvalue weighted by Gasteiger charge is -2.29. The first kappa shape index (κ1) is 28.8. The van der Waals surface area contributed by atoms with Gasteiger partial charge in [0.25, 0.3) is 5.56 Å². The first-order valence-electron chi connectivity index (χ1n) is 14.7. The summed E-state index contributed by atoms with van der Waals surface area (Å²) in [4.78, 5) is 32.0. The van der Waals surface area contributed by atoms with E-state index in [1.165, 1.54) is 18.4 Å². The van der Waals surface area contributed by atoms with Crippen LogP contribution in [0.15, 0.2) is 77.9 Å². The number of aromatic nitrogens is 4. The molecule has 220 valence electrons. The summed E-state index contributed by atoms with van der Waals surface area (Å²) >= 11 is 6.79. The summed E-state index contributed by atoms with van der Waals surface area (Å²) in [5.41, 5.74) is 6.63. The number of hydrogen-bond acceptors (Lipinski definition) is 7. The number of likely N-dealkylation sites (tertiary alicyclic amines) is 1. The van der Waals surface area contributed by atoms with E-state index in [0.29, 0.717) is 40.2 Å². The summed E-state index contributed by atoms with van der Waals surface area (Å²) in [7, 11) is 6.16. The van der Waals surface area contributed by atoms with Crippen LogP contribution in [0.1, 0.15) is 31.2 Å². The molecule has 0 unspecified atom stereocenters. The first-order chi connectivity index (χ1) is 20.8. The number of pyridine rings is 2. The molecule has 0 aliphatic carbocycles. The monoisotopic (exact) mass is 593 g/mol. The third-order valence-electron chi connectivity index (χ3n) is 8.31. The van der Waals surface area contributed by atoms with Crippen LogP contribution in [0.25, 0.3) is 33.4 Å². The Morgan fingerprint density at radius 1 is 0.977 bits per heavy atom. The number of anilines is 3. The van der Waals surface area contributed by atoms with Gasteiger partial charge in [-0.15, -0.1) is 0 Å². The van der Waals surface area contributed by atoms with Crippen molar-refractivity contribution in [3.05, 3.63) is 94.0 Å². The van der Waals surface area contributed by atoms with Crippen molar-refractivity contribution in [3.63, 3.8) is 0 Å². The SMILES string of the molecule is CCn1c(=O)c(-c2ccc(-c3cc(N(C)C)ccn3)cc2Cl)cc2cnc(Nc3ccc(C4CCN(C)CC4)cc3)nc21. The highest BCUT2D eigenvalue weighted by Gasteiger charge is 2.19. The predicted octanol–water partition coefficient (Wildman–Crippen LogP) is 6.81. The van der Waals surface area contributed by atoms with E-state index in [4.69, 9.17) is 16.6 Å². The number of nitrogens with zero attached hydrogens (tertiary/aromatic N) is 6. The van der Waals surface area contributed by atoms with Gasteiger partial charge >= 0.3 is 0 Å². The molecule has 2 aromatic carbocycles. The minimum atomic E-state index is -0.149. The molecule has 0 radical (unpaired) electrons. The highest BCUT2D eigenvalue weighted by Crippen LogP contribution is 2.33. The third-order valence-corrected chi connectivity index (χ3v) is 8.63. The number of aryl methyl sites for hydroxylation is 1. The Morgan fingerprint density at radius 2 is 1.74 bits per heavy atom. The average molecular weight is 594 g/mol. The molecule has 0 spiro atoms. The van der Waals surface area contributed by atoms with E-state index in [9.17, 15) is 4.79 Å². The molecule has 0 bridgehead atoms. The van der Waals surface area contributed by atoms with Gasteiger partial charge in [-0.2, -0.15) is 4.98 Å². The molecular formula is C34H36ClN7O. The molecular weight excluding hydrogens is 558 g/mol. The zero-order valence-corrected chi connectivity index (χ0v) is 25.8. The van der Waals surface area contributed by atoms with Crippen molar-refractivity contribution >= 4 is 40.0 Å². The molecule has 1 aliphatic rings. The lowest BCUT2D eigenvalue weighted by molar-refractivity contribution is 0.255. The van der Waals surface area contributed by atoms with Gasteiger partial charge in [0.1, 0.15) is 5.65 Å². The topological polar surface area (TPSA) is 79.2 Å². The van der Waals surface area contributed by atoms with Crippen LogP contribution in [0.2, 0.25) is 5.02 Å². The minimum absolute atomic E-state index is 0.149. The van der Waals surface area contributed by atoms with Crippen molar-refractivity contribution in [1.82, 2.24) is 24.4 Å². The maximum absolute atomic E-state index is 13.7. The molecule has 5 aromatic rings. The van der Waals surface area contributed by atoms with Crippen molar-refractivity contribution in [3.8, 4) is 22.4 Å². The number of benzene rings is 2. The molecule has 0 saturated carbocycles. The van der Waals surface area contributed by atoms with Crippen LogP contribution in [-0.2, 0) is 6.54 Å². The number of rotatable bonds is 7. The number of nitrogens with one attached hydrogen (secondary N) is 1. The normalized spacial score (nSPS) is 14.3. The second-order valence-corrected chi connectivity index (χ2v) is 11.8. The largest absolute Gasteiger partial charge is 0.378 e. The summed E-state index contributed by atoms with van der Waals surface area (Å²) in [5.74, 6) is 1.05. The van der Waals surface area contributed by atoms with E-state index >= 15 is 0 Å². The lowest BCUT2D eigenvalue weighted by atomic mass is 9.89. The Morgan fingerprint density at radius 3 is 2.44 bits per heavy atom. The van der Waals surface area contributed by atoms with Crippen molar-refractivity contribution in [2.45, 2.75) is 32.2 Å². The smallest absolute Gasteiger partial charge is 0.260 e. The Bertz CT molecular complexity index is 1830. The van der Waals surface area contributed by atoms with E-state index in [1.54, 1.807) is 17.0 Å². The van der Waals surface area contributed by atoms with Crippen LogP contribution in [0.5, 0.6) is 0 Å². The standard InChI is InChI=1S/C34H36ClN7O/c1-5-42-32-25(21-37-34(39-32)38-26-9-6-22(7-10-26)23-13-16-41(4)17-14-23)18-29(33(42)43)28-11-8-24(19-30(28)35)31-20-27(40(2)3)12-15-36-31/h6-12,15,18-21,23H,5,13-14,16-17H2,1-4H3,(H,37,38,39). The van der Waals surface area contributed by atoms with Gasteiger partial charge in [0.15, 0.2) is 0 Å². The quantitative estimate of drug-likeness (QED) is 0.222. The first-order valence-corrected chi connectivity index (χ1v) is 15.1. The molecule has 9 heteroatoms. The molecule has 43 heavy (non-hydrogen) atoms. The number of hydrogen-bond donors (Lipinski definition) is 1. The number of fused-ring (bicyclic) bond motifs is 1. The molecule has 1 aliphatic heterocycles. The van der Waals surface area contributed by atoms with E-state index in [0.717, 1.165) is 41.1 Å². The molecule has 6 rings (SSSR count). The van der Waals surface area contributed by atoms with Crippen molar-refractivity contribution < 1.29 is 0 Å². The Labute approximate surface area is 257 Å². The Hall–Kier alpha value is -4.27. The van der Waals surface area contributed by atoms with Gasteiger partial charge in [-0.25, -0.2) is 4.98 Å². The van der Waals surface area contributed by atoms with Gasteiger partial charge in [0, 0.05) is 71.5 Å². The molecule has 3 aromatic heterocycles. The Kier molecular flexibility index (Phi) is 8.15. The average Bonchev–Trinajstić information content (AvgIpc) is 3.02. The van der Waals surface area contributed by atoms with E-state index < -0.39 is 0 Å². The van der Waals surface area contributed by atoms with E-state index in [-0.39, 0.29) is 5.56 Å². The minimum Gasteiger partial charge on any atom is -0.378 e. The van der Waals surface area contributed by atoms with Crippen molar-refractivity contribution in [2.24, 2.45) is 0 Å². The number of halogens is 1. The molecule has 4 heterocycles. The molecule has 1 saturated heterocycles. The summed E-state index contributed by atoms with van der Waals surface area (Å²) in [6, 6.07) is 20.0. The van der Waals surface area contributed by atoms with Crippen LogP contribution in [0.3, 0.4) is 0 Å². The van der Waals surface area contributed by atoms with Crippen LogP contribution < -0.4 is 15.8 Å². The Balaban J connectivity index is 1.28.